The van der Waals surface area contributed by atoms with Crippen LogP contribution in [0.2, 0.25) is 0 Å². The van der Waals surface area contributed by atoms with Gasteiger partial charge in [-0.25, -0.2) is 17.6 Å². The Balaban J connectivity index is 2.22. The van der Waals surface area contributed by atoms with E-state index in [0.717, 1.165) is 5.56 Å². The molecule has 0 bridgehead atoms. The quantitative estimate of drug-likeness (QED) is 0.737. The molecule has 0 saturated heterocycles. The van der Waals surface area contributed by atoms with Gasteiger partial charge in [0.05, 0.1) is 6.04 Å². The van der Waals surface area contributed by atoms with Crippen molar-refractivity contribution in [2.45, 2.75) is 45.2 Å². The summed E-state index contributed by atoms with van der Waals surface area (Å²) < 4.78 is 52.3. The van der Waals surface area contributed by atoms with Gasteiger partial charge < -0.3 is 5.32 Å². The van der Waals surface area contributed by atoms with E-state index in [4.69, 9.17) is 0 Å². The minimum absolute atomic E-state index is 0.309. The highest BCUT2D eigenvalue weighted by molar-refractivity contribution is 5.80. The molecule has 1 N–H and O–H groups in total. The summed E-state index contributed by atoms with van der Waals surface area (Å²) in [5, 5.41) is 6.24. The summed E-state index contributed by atoms with van der Waals surface area (Å²) in [5.41, 5.74) is -0.607. The second kappa shape index (κ2) is 8.13. The lowest BCUT2D eigenvalue weighted by molar-refractivity contribution is -0.125. The number of amides is 1. The van der Waals surface area contributed by atoms with Crippen LogP contribution in [-0.2, 0) is 4.79 Å². The zero-order valence-corrected chi connectivity index (χ0v) is 13.8. The van der Waals surface area contributed by atoms with E-state index in [2.05, 4.69) is 10.4 Å². The Kier molecular flexibility index (Phi) is 6.17. The van der Waals surface area contributed by atoms with Crippen LogP contribution in [0.1, 0.15) is 62.2 Å². The molecule has 2 unspecified atom stereocenters. The van der Waals surface area contributed by atoms with Gasteiger partial charge in [0.25, 0.3) is 12.9 Å². The molecule has 1 heterocycles. The van der Waals surface area contributed by atoms with E-state index in [-0.39, 0.29) is 6.04 Å². The molecule has 0 fully saturated rings. The number of carbonyl (C=O) groups excluding carboxylic acids is 1. The van der Waals surface area contributed by atoms with Crippen molar-refractivity contribution in [2.24, 2.45) is 0 Å². The van der Waals surface area contributed by atoms with E-state index in [1.54, 1.807) is 0 Å². The largest absolute Gasteiger partial charge is 0.347 e. The number of nitrogens with one attached hydrogen (secondary N) is 1. The number of aromatic nitrogens is 2. The Hall–Kier alpha value is -2.38. The normalized spacial score (nSPS) is 13.9. The molecule has 0 aliphatic carbocycles. The number of carbonyl (C=O) groups is 1. The summed E-state index contributed by atoms with van der Waals surface area (Å²) in [6.45, 7) is 3.22. The van der Waals surface area contributed by atoms with Crippen molar-refractivity contribution in [2.75, 3.05) is 0 Å². The molecule has 1 aromatic carbocycles. The highest BCUT2D eigenvalue weighted by atomic mass is 19.3. The molecule has 0 radical (unpaired) electrons. The molecule has 0 saturated carbocycles. The molecule has 4 nitrogen and oxygen atoms in total. The van der Waals surface area contributed by atoms with Crippen LogP contribution in [0.25, 0.3) is 0 Å². The zero-order chi connectivity index (χ0) is 18.6. The number of benzene rings is 1. The molecule has 1 amide bonds. The Bertz CT molecular complexity index is 703. The first-order chi connectivity index (χ1) is 11.8. The lowest BCUT2D eigenvalue weighted by atomic mass is 10.0. The second-order valence-electron chi connectivity index (χ2n) is 5.60. The van der Waals surface area contributed by atoms with Gasteiger partial charge >= 0.3 is 0 Å². The number of nitrogens with zero attached hydrogens (tertiary/aromatic N) is 2. The molecule has 0 aliphatic heterocycles. The maximum Gasteiger partial charge on any atom is 0.282 e. The zero-order valence-electron chi connectivity index (χ0n) is 13.8. The molecule has 25 heavy (non-hydrogen) atoms. The fourth-order valence-corrected chi connectivity index (χ4v) is 2.52. The summed E-state index contributed by atoms with van der Waals surface area (Å²) in [6, 6.07) is 8.35. The molecule has 0 spiro atoms. The van der Waals surface area contributed by atoms with Crippen molar-refractivity contribution < 1.29 is 22.4 Å². The number of alkyl halides is 4. The van der Waals surface area contributed by atoms with Gasteiger partial charge in [-0.1, -0.05) is 37.3 Å². The van der Waals surface area contributed by atoms with Crippen LogP contribution in [0, 0.1) is 0 Å². The summed E-state index contributed by atoms with van der Waals surface area (Å²) >= 11 is 0. The number of halogens is 4. The van der Waals surface area contributed by atoms with Gasteiger partial charge in [0, 0.05) is 0 Å². The van der Waals surface area contributed by atoms with Gasteiger partial charge in [-0.15, -0.1) is 0 Å². The van der Waals surface area contributed by atoms with Crippen LogP contribution < -0.4 is 5.32 Å². The highest BCUT2D eigenvalue weighted by Gasteiger charge is 2.27. The SMILES string of the molecule is CCC(NC(=O)C(C)n1nc(C(F)F)cc1C(F)F)c1ccccc1. The van der Waals surface area contributed by atoms with Crippen LogP contribution in [-0.4, -0.2) is 15.7 Å². The minimum atomic E-state index is -3.01. The third-order valence-electron chi connectivity index (χ3n) is 3.90. The summed E-state index contributed by atoms with van der Waals surface area (Å²) in [6.07, 6.45) is -5.40. The molecule has 8 heteroatoms. The van der Waals surface area contributed by atoms with Gasteiger partial charge in [-0.2, -0.15) is 5.10 Å². The van der Waals surface area contributed by atoms with E-state index in [1.165, 1.54) is 6.92 Å². The van der Waals surface area contributed by atoms with E-state index in [0.29, 0.717) is 17.2 Å². The summed E-state index contributed by atoms with van der Waals surface area (Å²) in [5.74, 6) is -0.568. The van der Waals surface area contributed by atoms with Crippen LogP contribution in [0.15, 0.2) is 36.4 Å². The van der Waals surface area contributed by atoms with Crippen molar-refractivity contribution in [1.82, 2.24) is 15.1 Å². The first-order valence-corrected chi connectivity index (χ1v) is 7.86. The topological polar surface area (TPSA) is 46.9 Å². The lowest BCUT2D eigenvalue weighted by Crippen LogP contribution is -2.35. The summed E-state index contributed by atoms with van der Waals surface area (Å²) in [7, 11) is 0. The van der Waals surface area contributed by atoms with Gasteiger partial charge in [-0.05, 0) is 25.0 Å². The predicted molar refractivity (Wildman–Crippen MR) is 84.5 cm³/mol. The molecule has 2 aromatic rings. The first-order valence-electron chi connectivity index (χ1n) is 7.86. The Morgan fingerprint density at radius 1 is 1.16 bits per heavy atom. The van der Waals surface area contributed by atoms with Crippen LogP contribution in [0.3, 0.4) is 0 Å². The maximum absolute atomic E-state index is 13.1. The predicted octanol–water partition coefficient (Wildman–Crippen LogP) is 4.59. The van der Waals surface area contributed by atoms with Gasteiger partial charge in [0.1, 0.15) is 17.4 Å². The van der Waals surface area contributed by atoms with E-state index >= 15 is 0 Å². The van der Waals surface area contributed by atoms with Gasteiger partial charge in [0.2, 0.25) is 5.91 Å². The molecule has 2 atom stereocenters. The third kappa shape index (κ3) is 4.37. The second-order valence-corrected chi connectivity index (χ2v) is 5.60. The third-order valence-corrected chi connectivity index (χ3v) is 3.90. The minimum Gasteiger partial charge on any atom is -0.347 e. The molecule has 136 valence electrons. The van der Waals surface area contributed by atoms with Crippen molar-refractivity contribution in [3.8, 4) is 0 Å². The fraction of sp³-hybridized carbons (Fsp3) is 0.412. The van der Waals surface area contributed by atoms with E-state index in [1.807, 2.05) is 37.3 Å². The first kappa shape index (κ1) is 19.0. The van der Waals surface area contributed by atoms with E-state index < -0.39 is 36.2 Å². The van der Waals surface area contributed by atoms with Crippen LogP contribution >= 0.6 is 0 Å². The average molecular weight is 357 g/mol. The number of rotatable bonds is 7. The Morgan fingerprint density at radius 3 is 2.32 bits per heavy atom. The van der Waals surface area contributed by atoms with Crippen molar-refractivity contribution in [3.05, 3.63) is 53.3 Å². The number of hydrogen-bond donors (Lipinski definition) is 1. The molecular weight excluding hydrogens is 338 g/mol. The Morgan fingerprint density at radius 2 is 1.80 bits per heavy atom. The summed E-state index contributed by atoms with van der Waals surface area (Å²) in [4.78, 5) is 12.4. The van der Waals surface area contributed by atoms with Gasteiger partial charge in [-0.3, -0.25) is 9.48 Å². The smallest absolute Gasteiger partial charge is 0.282 e. The average Bonchev–Trinajstić information content (AvgIpc) is 3.05. The Labute approximate surface area is 142 Å². The van der Waals surface area contributed by atoms with E-state index in [9.17, 15) is 22.4 Å². The monoisotopic (exact) mass is 357 g/mol. The van der Waals surface area contributed by atoms with Crippen molar-refractivity contribution in [3.63, 3.8) is 0 Å². The standard InChI is InChI=1S/C17H19F4N3O/c1-3-12(11-7-5-4-6-8-11)22-17(25)10(2)24-14(16(20)21)9-13(23-24)15(18)19/h4-10,12,15-16H,3H2,1-2H3,(H,22,25). The van der Waals surface area contributed by atoms with Crippen molar-refractivity contribution in [1.29, 1.82) is 0 Å². The lowest BCUT2D eigenvalue weighted by Gasteiger charge is -2.21. The molecular formula is C17H19F4N3O. The molecule has 1 aromatic heterocycles. The van der Waals surface area contributed by atoms with Gasteiger partial charge in [0.15, 0.2) is 0 Å². The van der Waals surface area contributed by atoms with Crippen LogP contribution in [0.5, 0.6) is 0 Å². The van der Waals surface area contributed by atoms with Crippen molar-refractivity contribution >= 4 is 5.91 Å². The maximum atomic E-state index is 13.1. The fourth-order valence-electron chi connectivity index (χ4n) is 2.52. The molecule has 2 rings (SSSR count). The highest BCUT2D eigenvalue weighted by Crippen LogP contribution is 2.28. The van der Waals surface area contributed by atoms with Crippen LogP contribution in [0.4, 0.5) is 17.6 Å². The number of hydrogen-bond acceptors (Lipinski definition) is 2. The molecule has 0 aliphatic rings.